The summed E-state index contributed by atoms with van der Waals surface area (Å²) in [6.07, 6.45) is 2.62. The summed E-state index contributed by atoms with van der Waals surface area (Å²) in [5, 5.41) is 12.0. The Hall–Kier alpha value is -2.06. The molecule has 1 saturated heterocycles. The number of anilines is 1. The topological polar surface area (TPSA) is 99.3 Å². The lowest BCUT2D eigenvalue weighted by Gasteiger charge is -2.30. The Kier molecular flexibility index (Phi) is 6.61. The Bertz CT molecular complexity index is 756. The summed E-state index contributed by atoms with van der Waals surface area (Å²) >= 11 is 1.31. The van der Waals surface area contributed by atoms with Crippen molar-refractivity contribution in [1.82, 2.24) is 16.0 Å². The summed E-state index contributed by atoms with van der Waals surface area (Å²) in [5.41, 5.74) is 3.68. The quantitative estimate of drug-likeness (QED) is 0.555. The van der Waals surface area contributed by atoms with E-state index in [1.165, 1.54) is 11.8 Å². The molecule has 1 aliphatic carbocycles. The van der Waals surface area contributed by atoms with E-state index >= 15 is 0 Å². The first kappa shape index (κ1) is 20.7. The standard InChI is InChI=1S/C20H28N4O3S/c1-11-6-12(2)19(13(3)7-11)23-18(27)10-28-20-22-15(9-17(26)24-20)8-16(25)21-14-4-5-14/h6-7,14-15,20,22H,4-5,8-10H2,1-3H3,(H,21,25)(H,23,27)(H,24,26). The SMILES string of the molecule is Cc1cc(C)c(NC(=O)CSC2NC(=O)CC(CC(=O)NC3CC3)N2)c(C)c1. The molecule has 2 aliphatic rings. The lowest BCUT2D eigenvalue weighted by atomic mass is 10.1. The molecule has 0 aromatic heterocycles. The van der Waals surface area contributed by atoms with Gasteiger partial charge in [-0.25, -0.2) is 0 Å². The van der Waals surface area contributed by atoms with Crippen LogP contribution in [0.3, 0.4) is 0 Å². The molecule has 2 atom stereocenters. The second-order valence-corrected chi connectivity index (χ2v) is 8.79. The number of amides is 3. The van der Waals surface area contributed by atoms with Gasteiger partial charge < -0.3 is 16.0 Å². The van der Waals surface area contributed by atoms with E-state index in [1.807, 2.05) is 32.9 Å². The largest absolute Gasteiger partial charge is 0.353 e. The van der Waals surface area contributed by atoms with E-state index in [-0.39, 0.29) is 47.9 Å². The maximum absolute atomic E-state index is 12.4. The molecule has 2 fully saturated rings. The summed E-state index contributed by atoms with van der Waals surface area (Å²) in [6.45, 7) is 5.98. The smallest absolute Gasteiger partial charge is 0.234 e. The van der Waals surface area contributed by atoms with Crippen molar-refractivity contribution in [2.75, 3.05) is 11.1 Å². The highest BCUT2D eigenvalue weighted by molar-refractivity contribution is 8.00. The fourth-order valence-electron chi connectivity index (χ4n) is 3.41. The fraction of sp³-hybridized carbons (Fsp3) is 0.550. The van der Waals surface area contributed by atoms with Crippen molar-refractivity contribution in [2.24, 2.45) is 0 Å². The van der Waals surface area contributed by atoms with Crippen molar-refractivity contribution in [2.45, 2.75) is 64.0 Å². The van der Waals surface area contributed by atoms with Crippen molar-refractivity contribution < 1.29 is 14.4 Å². The van der Waals surface area contributed by atoms with Gasteiger partial charge in [0.15, 0.2) is 0 Å². The molecule has 0 bridgehead atoms. The predicted molar refractivity (Wildman–Crippen MR) is 111 cm³/mol. The van der Waals surface area contributed by atoms with Crippen molar-refractivity contribution in [1.29, 1.82) is 0 Å². The van der Waals surface area contributed by atoms with Crippen LogP contribution in [0.5, 0.6) is 0 Å². The van der Waals surface area contributed by atoms with Crippen LogP contribution in [0.25, 0.3) is 0 Å². The minimum Gasteiger partial charge on any atom is -0.353 e. The van der Waals surface area contributed by atoms with E-state index < -0.39 is 0 Å². The van der Waals surface area contributed by atoms with E-state index in [0.29, 0.717) is 6.04 Å². The van der Waals surface area contributed by atoms with Crippen LogP contribution >= 0.6 is 11.8 Å². The molecule has 1 aliphatic heterocycles. The summed E-state index contributed by atoms with van der Waals surface area (Å²) in [7, 11) is 0. The highest BCUT2D eigenvalue weighted by Crippen LogP contribution is 2.23. The van der Waals surface area contributed by atoms with Crippen LogP contribution in [0.2, 0.25) is 0 Å². The summed E-state index contributed by atoms with van der Waals surface area (Å²) < 4.78 is 0. The Morgan fingerprint density at radius 2 is 1.82 bits per heavy atom. The number of hydrogen-bond acceptors (Lipinski definition) is 5. The number of aryl methyl sites for hydroxylation is 3. The molecule has 2 unspecified atom stereocenters. The van der Waals surface area contributed by atoms with E-state index in [1.54, 1.807) is 0 Å². The molecule has 0 spiro atoms. The zero-order valence-electron chi connectivity index (χ0n) is 16.6. The maximum atomic E-state index is 12.4. The second-order valence-electron chi connectivity index (χ2n) is 7.69. The number of hydrogen-bond donors (Lipinski definition) is 4. The number of carbonyl (C=O) groups is 3. The fourth-order valence-corrected chi connectivity index (χ4v) is 4.31. The normalized spacial score (nSPS) is 21.8. The number of nitrogens with one attached hydrogen (secondary N) is 4. The highest BCUT2D eigenvalue weighted by Gasteiger charge is 2.30. The third kappa shape index (κ3) is 5.97. The zero-order chi connectivity index (χ0) is 20.3. The minimum atomic E-state index is -0.383. The molecule has 3 amide bonds. The molecule has 152 valence electrons. The molecular formula is C20H28N4O3S. The highest BCUT2D eigenvalue weighted by atomic mass is 32.2. The van der Waals surface area contributed by atoms with E-state index in [0.717, 1.165) is 35.2 Å². The summed E-state index contributed by atoms with van der Waals surface area (Å²) in [4.78, 5) is 36.3. The van der Waals surface area contributed by atoms with Gasteiger partial charge in [-0.05, 0) is 44.7 Å². The Balaban J connectivity index is 1.48. The van der Waals surface area contributed by atoms with Crippen molar-refractivity contribution in [3.05, 3.63) is 28.8 Å². The summed E-state index contributed by atoms with van der Waals surface area (Å²) in [6, 6.07) is 4.17. The van der Waals surface area contributed by atoms with E-state index in [9.17, 15) is 14.4 Å². The van der Waals surface area contributed by atoms with Crippen LogP contribution in [0.15, 0.2) is 12.1 Å². The first-order chi connectivity index (χ1) is 13.3. The molecule has 1 heterocycles. The van der Waals surface area contributed by atoms with Gasteiger partial charge >= 0.3 is 0 Å². The third-order valence-corrected chi connectivity index (χ3v) is 5.82. The lowest BCUT2D eigenvalue weighted by molar-refractivity contribution is -0.125. The molecule has 28 heavy (non-hydrogen) atoms. The average molecular weight is 405 g/mol. The van der Waals surface area contributed by atoms with Crippen LogP contribution < -0.4 is 21.3 Å². The van der Waals surface area contributed by atoms with E-state index in [2.05, 4.69) is 21.3 Å². The monoisotopic (exact) mass is 404 g/mol. The molecule has 7 nitrogen and oxygen atoms in total. The number of benzene rings is 1. The Labute approximate surface area is 169 Å². The van der Waals surface area contributed by atoms with Gasteiger partial charge in [-0.15, -0.1) is 11.8 Å². The Morgan fingerprint density at radius 1 is 1.14 bits per heavy atom. The van der Waals surface area contributed by atoms with Gasteiger partial charge in [-0.1, -0.05) is 17.7 Å². The van der Waals surface area contributed by atoms with Gasteiger partial charge in [-0.3, -0.25) is 19.7 Å². The molecule has 1 aromatic rings. The molecule has 8 heteroatoms. The van der Waals surface area contributed by atoms with Gasteiger partial charge in [0.2, 0.25) is 17.7 Å². The molecule has 3 rings (SSSR count). The van der Waals surface area contributed by atoms with Crippen molar-refractivity contribution >= 4 is 35.2 Å². The van der Waals surface area contributed by atoms with Gasteiger partial charge in [-0.2, -0.15) is 0 Å². The van der Waals surface area contributed by atoms with Crippen molar-refractivity contribution in [3.8, 4) is 0 Å². The van der Waals surface area contributed by atoms with Gasteiger partial charge in [0.25, 0.3) is 0 Å². The number of carbonyl (C=O) groups excluding carboxylic acids is 3. The van der Waals surface area contributed by atoms with Gasteiger partial charge in [0, 0.05) is 30.6 Å². The van der Waals surface area contributed by atoms with Crippen LogP contribution in [0.4, 0.5) is 5.69 Å². The molecule has 0 radical (unpaired) electrons. The van der Waals surface area contributed by atoms with Crippen LogP contribution in [-0.4, -0.2) is 41.1 Å². The number of rotatable bonds is 7. The van der Waals surface area contributed by atoms with Gasteiger partial charge in [0.05, 0.1) is 5.75 Å². The number of thioether (sulfide) groups is 1. The summed E-state index contributed by atoms with van der Waals surface area (Å²) in [5.74, 6) is -0.0524. The van der Waals surface area contributed by atoms with Crippen LogP contribution in [0.1, 0.15) is 42.4 Å². The molecule has 4 N–H and O–H groups in total. The maximum Gasteiger partial charge on any atom is 0.234 e. The second kappa shape index (κ2) is 8.96. The first-order valence-electron chi connectivity index (χ1n) is 9.64. The van der Waals surface area contributed by atoms with E-state index in [4.69, 9.17) is 0 Å². The zero-order valence-corrected chi connectivity index (χ0v) is 17.4. The Morgan fingerprint density at radius 3 is 2.46 bits per heavy atom. The average Bonchev–Trinajstić information content (AvgIpc) is 3.39. The van der Waals surface area contributed by atoms with Crippen molar-refractivity contribution in [3.63, 3.8) is 0 Å². The molecular weight excluding hydrogens is 376 g/mol. The first-order valence-corrected chi connectivity index (χ1v) is 10.7. The van der Waals surface area contributed by atoms with Crippen LogP contribution in [-0.2, 0) is 14.4 Å². The third-order valence-electron chi connectivity index (χ3n) is 4.81. The van der Waals surface area contributed by atoms with Gasteiger partial charge in [0.1, 0.15) is 5.50 Å². The van der Waals surface area contributed by atoms with Crippen LogP contribution in [0, 0.1) is 20.8 Å². The minimum absolute atomic E-state index is 0.0264. The lowest BCUT2D eigenvalue weighted by Crippen LogP contribution is -2.56. The molecule has 1 saturated carbocycles. The predicted octanol–water partition coefficient (Wildman–Crippen LogP) is 1.71. The molecule has 1 aromatic carbocycles.